The van der Waals surface area contributed by atoms with Gasteiger partial charge in [-0.1, -0.05) is 0 Å². The summed E-state index contributed by atoms with van der Waals surface area (Å²) in [6, 6.07) is 1.90. The predicted molar refractivity (Wildman–Crippen MR) is 68.7 cm³/mol. The van der Waals surface area contributed by atoms with Crippen LogP contribution in [-0.2, 0) is 11.3 Å². The third-order valence-corrected chi connectivity index (χ3v) is 3.41. The van der Waals surface area contributed by atoms with Crippen molar-refractivity contribution in [3.8, 4) is 0 Å². The third-order valence-electron chi connectivity index (χ3n) is 3.41. The van der Waals surface area contributed by atoms with Gasteiger partial charge in [0, 0.05) is 31.6 Å². The van der Waals surface area contributed by atoms with E-state index in [0.29, 0.717) is 18.9 Å². The number of hydrogen-bond acceptors (Lipinski definition) is 5. The van der Waals surface area contributed by atoms with Crippen LogP contribution in [0.25, 0.3) is 0 Å². The minimum atomic E-state index is -0.212. The van der Waals surface area contributed by atoms with Gasteiger partial charge in [-0.2, -0.15) is 5.10 Å². The third kappa shape index (κ3) is 2.95. The zero-order valence-electron chi connectivity index (χ0n) is 10.4. The highest BCUT2D eigenvalue weighted by Gasteiger charge is 2.22. The van der Waals surface area contributed by atoms with Crippen molar-refractivity contribution in [1.82, 2.24) is 10.2 Å². The highest BCUT2D eigenvalue weighted by molar-refractivity contribution is 5.74. The van der Waals surface area contributed by atoms with E-state index in [-0.39, 0.29) is 5.91 Å². The Kier molecular flexibility index (Phi) is 4.09. The fourth-order valence-corrected chi connectivity index (χ4v) is 2.41. The van der Waals surface area contributed by atoms with Crippen LogP contribution in [0.4, 0.5) is 5.82 Å². The monoisotopic (exact) mass is 249 g/mol. The Bertz CT molecular complexity index is 415. The molecule has 1 saturated heterocycles. The Balaban J connectivity index is 1.99. The molecule has 0 aliphatic carbocycles. The lowest BCUT2D eigenvalue weighted by Crippen LogP contribution is -2.36. The summed E-state index contributed by atoms with van der Waals surface area (Å²) in [5.74, 6) is 1.06. The number of aromatic nitrogens is 2. The molecule has 1 amide bonds. The summed E-state index contributed by atoms with van der Waals surface area (Å²) in [4.78, 5) is 13.1. The molecule has 1 aromatic heterocycles. The lowest BCUT2D eigenvalue weighted by Gasteiger charge is -2.32. The van der Waals surface area contributed by atoms with Crippen molar-refractivity contribution >= 4 is 11.7 Å². The number of hydrogen-bond donors (Lipinski definition) is 2. The largest absolute Gasteiger partial charge is 0.370 e. The molecular weight excluding hydrogens is 230 g/mol. The maximum atomic E-state index is 10.9. The molecule has 0 saturated carbocycles. The lowest BCUT2D eigenvalue weighted by molar-refractivity contribution is -0.119. The number of nitrogens with two attached hydrogens (primary N) is 2. The molecule has 0 radical (unpaired) electrons. The van der Waals surface area contributed by atoms with E-state index in [4.69, 9.17) is 11.5 Å². The molecule has 1 aromatic rings. The Morgan fingerprint density at radius 1 is 1.44 bits per heavy atom. The molecule has 0 aromatic carbocycles. The lowest BCUT2D eigenvalue weighted by atomic mass is 9.93. The van der Waals surface area contributed by atoms with Crippen LogP contribution in [0.3, 0.4) is 0 Å². The van der Waals surface area contributed by atoms with Gasteiger partial charge in [-0.05, 0) is 24.8 Å². The Labute approximate surface area is 106 Å². The van der Waals surface area contributed by atoms with Crippen molar-refractivity contribution in [1.29, 1.82) is 0 Å². The fourth-order valence-electron chi connectivity index (χ4n) is 2.41. The number of nitrogens with zero attached hydrogens (tertiary/aromatic N) is 3. The summed E-state index contributed by atoms with van der Waals surface area (Å²) >= 11 is 0. The number of rotatable bonds is 4. The number of amides is 1. The number of anilines is 1. The highest BCUT2D eigenvalue weighted by atomic mass is 16.1. The van der Waals surface area contributed by atoms with Gasteiger partial charge in [0.05, 0.1) is 6.20 Å². The molecule has 1 aliphatic rings. The van der Waals surface area contributed by atoms with E-state index < -0.39 is 0 Å². The molecule has 6 heteroatoms. The smallest absolute Gasteiger partial charge is 0.217 e. The molecule has 6 nitrogen and oxygen atoms in total. The van der Waals surface area contributed by atoms with Crippen molar-refractivity contribution in [3.05, 3.63) is 17.8 Å². The zero-order valence-corrected chi connectivity index (χ0v) is 10.4. The number of primary amides is 1. The van der Waals surface area contributed by atoms with Crippen molar-refractivity contribution in [2.24, 2.45) is 17.4 Å². The van der Waals surface area contributed by atoms with Gasteiger partial charge in [-0.25, -0.2) is 0 Å². The molecule has 0 spiro atoms. The molecule has 2 heterocycles. The van der Waals surface area contributed by atoms with Gasteiger partial charge in [0.25, 0.3) is 0 Å². The highest BCUT2D eigenvalue weighted by Crippen LogP contribution is 2.25. The van der Waals surface area contributed by atoms with Crippen molar-refractivity contribution < 1.29 is 4.79 Å². The van der Waals surface area contributed by atoms with Gasteiger partial charge in [-0.15, -0.1) is 5.10 Å². The molecular formula is C12H19N5O. The van der Waals surface area contributed by atoms with E-state index in [1.807, 2.05) is 6.07 Å². The van der Waals surface area contributed by atoms with E-state index in [1.165, 1.54) is 0 Å². The second kappa shape index (κ2) is 5.77. The topological polar surface area (TPSA) is 98.1 Å². The second-order valence-corrected chi connectivity index (χ2v) is 4.69. The number of carbonyl (C=O) groups excluding carboxylic acids is 1. The fraction of sp³-hybridized carbons (Fsp3) is 0.583. The van der Waals surface area contributed by atoms with E-state index in [2.05, 4.69) is 15.1 Å². The van der Waals surface area contributed by atoms with E-state index in [9.17, 15) is 4.79 Å². The summed E-state index contributed by atoms with van der Waals surface area (Å²) < 4.78 is 0. The molecule has 0 unspecified atom stereocenters. The van der Waals surface area contributed by atoms with E-state index >= 15 is 0 Å². The summed E-state index contributed by atoms with van der Waals surface area (Å²) in [6.07, 6.45) is 4.07. The summed E-state index contributed by atoms with van der Waals surface area (Å²) in [5.41, 5.74) is 11.9. The van der Waals surface area contributed by atoms with Crippen LogP contribution in [0.5, 0.6) is 0 Å². The van der Waals surface area contributed by atoms with Crippen LogP contribution >= 0.6 is 0 Å². The Morgan fingerprint density at radius 3 is 2.78 bits per heavy atom. The summed E-state index contributed by atoms with van der Waals surface area (Å²) in [5, 5.41) is 8.08. The van der Waals surface area contributed by atoms with Gasteiger partial charge in [0.15, 0.2) is 5.82 Å². The average Bonchev–Trinajstić information content (AvgIpc) is 2.39. The summed E-state index contributed by atoms with van der Waals surface area (Å²) in [6.45, 7) is 2.22. The zero-order chi connectivity index (χ0) is 13.0. The van der Waals surface area contributed by atoms with Gasteiger partial charge < -0.3 is 16.4 Å². The van der Waals surface area contributed by atoms with Crippen LogP contribution in [0.1, 0.15) is 24.8 Å². The van der Waals surface area contributed by atoms with Gasteiger partial charge in [0.1, 0.15) is 0 Å². The first-order valence-electron chi connectivity index (χ1n) is 6.24. The predicted octanol–water partition coefficient (Wildman–Crippen LogP) is 0.0271. The molecule has 18 heavy (non-hydrogen) atoms. The first kappa shape index (κ1) is 12.8. The quantitative estimate of drug-likeness (QED) is 0.784. The number of carbonyl (C=O) groups is 1. The Morgan fingerprint density at radius 2 is 2.17 bits per heavy atom. The van der Waals surface area contributed by atoms with Gasteiger partial charge in [-0.3, -0.25) is 4.79 Å². The van der Waals surface area contributed by atoms with Crippen LogP contribution in [0.15, 0.2) is 12.3 Å². The maximum Gasteiger partial charge on any atom is 0.217 e. The van der Waals surface area contributed by atoms with Crippen LogP contribution in [0, 0.1) is 5.92 Å². The SMILES string of the molecule is NCc1ccnnc1N1CCC(CC(N)=O)CC1. The normalized spacial score (nSPS) is 16.8. The molecule has 1 fully saturated rings. The standard InChI is InChI=1S/C12H19N5O/c13-8-10-1-4-15-16-12(10)17-5-2-9(3-6-17)7-11(14)18/h1,4,9H,2-3,5-8,13H2,(H2,14,18). The Hall–Kier alpha value is -1.69. The minimum absolute atomic E-state index is 0.212. The van der Waals surface area contributed by atoms with Crippen molar-refractivity contribution in [2.45, 2.75) is 25.8 Å². The molecule has 4 N–H and O–H groups in total. The average molecular weight is 249 g/mol. The molecule has 0 bridgehead atoms. The van der Waals surface area contributed by atoms with Crippen molar-refractivity contribution in [2.75, 3.05) is 18.0 Å². The minimum Gasteiger partial charge on any atom is -0.370 e. The first-order valence-corrected chi connectivity index (χ1v) is 6.24. The van der Waals surface area contributed by atoms with Gasteiger partial charge >= 0.3 is 0 Å². The molecule has 0 atom stereocenters. The van der Waals surface area contributed by atoms with Gasteiger partial charge in [0.2, 0.25) is 5.91 Å². The number of piperidine rings is 1. The molecule has 1 aliphatic heterocycles. The van der Waals surface area contributed by atoms with Crippen LogP contribution in [-0.4, -0.2) is 29.2 Å². The van der Waals surface area contributed by atoms with E-state index in [1.54, 1.807) is 6.20 Å². The van der Waals surface area contributed by atoms with Crippen LogP contribution in [0.2, 0.25) is 0 Å². The van der Waals surface area contributed by atoms with E-state index in [0.717, 1.165) is 37.3 Å². The summed E-state index contributed by atoms with van der Waals surface area (Å²) in [7, 11) is 0. The van der Waals surface area contributed by atoms with Crippen molar-refractivity contribution in [3.63, 3.8) is 0 Å². The molecule has 98 valence electrons. The second-order valence-electron chi connectivity index (χ2n) is 4.69. The first-order chi connectivity index (χ1) is 8.70. The molecule has 2 rings (SSSR count). The maximum absolute atomic E-state index is 10.9. The van der Waals surface area contributed by atoms with Crippen LogP contribution < -0.4 is 16.4 Å².